The van der Waals surface area contributed by atoms with Gasteiger partial charge in [0.2, 0.25) is 5.78 Å². The molecule has 0 fully saturated rings. The normalized spacial score (nSPS) is 11.8. The minimum absolute atomic E-state index is 0.00148. The van der Waals surface area contributed by atoms with Gasteiger partial charge in [0.25, 0.3) is 0 Å². The lowest BCUT2D eigenvalue weighted by Crippen LogP contribution is -2.10. The molecule has 0 spiro atoms. The van der Waals surface area contributed by atoms with E-state index in [2.05, 4.69) is 14.7 Å². The third-order valence-corrected chi connectivity index (χ3v) is 2.09. The SMILES string of the molecule is COC(=O)c1cnc2ncc(C(F)(F)F)cn12. The molecule has 0 radical (unpaired) electrons. The lowest BCUT2D eigenvalue weighted by Gasteiger charge is -2.06. The third kappa shape index (κ3) is 1.93. The van der Waals surface area contributed by atoms with Crippen LogP contribution in [0.1, 0.15) is 16.1 Å². The van der Waals surface area contributed by atoms with E-state index in [1.165, 1.54) is 0 Å². The number of esters is 1. The zero-order valence-corrected chi connectivity index (χ0v) is 8.52. The van der Waals surface area contributed by atoms with Gasteiger partial charge in [-0.05, 0) is 0 Å². The highest BCUT2D eigenvalue weighted by Crippen LogP contribution is 2.28. The van der Waals surface area contributed by atoms with Gasteiger partial charge in [-0.1, -0.05) is 0 Å². The quantitative estimate of drug-likeness (QED) is 0.715. The van der Waals surface area contributed by atoms with E-state index in [9.17, 15) is 18.0 Å². The second-order valence-electron chi connectivity index (χ2n) is 3.15. The molecule has 0 bridgehead atoms. The van der Waals surface area contributed by atoms with Crippen LogP contribution in [0.5, 0.6) is 0 Å². The fraction of sp³-hybridized carbons (Fsp3) is 0.222. The molecule has 90 valence electrons. The number of rotatable bonds is 1. The lowest BCUT2D eigenvalue weighted by atomic mass is 10.3. The van der Waals surface area contributed by atoms with Crippen molar-refractivity contribution in [2.24, 2.45) is 0 Å². The molecule has 0 saturated heterocycles. The average molecular weight is 245 g/mol. The topological polar surface area (TPSA) is 56.5 Å². The lowest BCUT2D eigenvalue weighted by molar-refractivity contribution is -0.138. The molecule has 2 rings (SSSR count). The van der Waals surface area contributed by atoms with E-state index in [4.69, 9.17) is 0 Å². The molecule has 0 aromatic carbocycles. The summed E-state index contributed by atoms with van der Waals surface area (Å²) in [7, 11) is 1.13. The Hall–Kier alpha value is -2.12. The van der Waals surface area contributed by atoms with Gasteiger partial charge in [-0.2, -0.15) is 13.2 Å². The zero-order chi connectivity index (χ0) is 12.6. The van der Waals surface area contributed by atoms with Crippen LogP contribution < -0.4 is 0 Å². The summed E-state index contributed by atoms with van der Waals surface area (Å²) in [5, 5.41) is 0. The van der Waals surface area contributed by atoms with Crippen LogP contribution in [0, 0.1) is 0 Å². The second kappa shape index (κ2) is 3.72. The van der Waals surface area contributed by atoms with Gasteiger partial charge in [0, 0.05) is 12.4 Å². The molecule has 0 aliphatic rings. The summed E-state index contributed by atoms with van der Waals surface area (Å²) in [4.78, 5) is 18.5. The summed E-state index contributed by atoms with van der Waals surface area (Å²) in [6.45, 7) is 0. The Kier molecular flexibility index (Phi) is 2.49. The van der Waals surface area contributed by atoms with Crippen LogP contribution in [0.25, 0.3) is 5.78 Å². The van der Waals surface area contributed by atoms with Crippen LogP contribution in [0.3, 0.4) is 0 Å². The number of nitrogens with zero attached hydrogens (tertiary/aromatic N) is 3. The monoisotopic (exact) mass is 245 g/mol. The molecule has 2 heterocycles. The number of aromatic nitrogens is 3. The molecule has 0 aliphatic heterocycles. The van der Waals surface area contributed by atoms with E-state index >= 15 is 0 Å². The first-order chi connectivity index (χ1) is 7.93. The minimum Gasteiger partial charge on any atom is -0.464 e. The molecule has 8 heteroatoms. The fourth-order valence-corrected chi connectivity index (χ4v) is 1.28. The largest absolute Gasteiger partial charge is 0.464 e. The number of alkyl halides is 3. The number of fused-ring (bicyclic) bond motifs is 1. The summed E-state index contributed by atoms with van der Waals surface area (Å²) >= 11 is 0. The third-order valence-electron chi connectivity index (χ3n) is 2.09. The molecule has 2 aromatic heterocycles. The summed E-state index contributed by atoms with van der Waals surface area (Å²) in [5.74, 6) is -0.781. The summed E-state index contributed by atoms with van der Waals surface area (Å²) in [6.07, 6.45) is -2.02. The molecule has 0 saturated carbocycles. The Balaban J connectivity index is 2.62. The van der Waals surface area contributed by atoms with Gasteiger partial charge in [-0.15, -0.1) is 0 Å². The Labute approximate surface area is 92.9 Å². The highest BCUT2D eigenvalue weighted by molar-refractivity contribution is 5.88. The average Bonchev–Trinajstić information content (AvgIpc) is 2.69. The number of imidazole rings is 1. The van der Waals surface area contributed by atoms with E-state index in [0.717, 1.165) is 23.9 Å². The predicted molar refractivity (Wildman–Crippen MR) is 49.3 cm³/mol. The highest BCUT2D eigenvalue weighted by Gasteiger charge is 2.32. The maximum absolute atomic E-state index is 12.4. The Morgan fingerprint density at radius 2 is 2.00 bits per heavy atom. The number of halogens is 3. The summed E-state index contributed by atoms with van der Waals surface area (Å²) in [5.41, 5.74) is -1.07. The first-order valence-electron chi connectivity index (χ1n) is 4.42. The van der Waals surface area contributed by atoms with Crippen molar-refractivity contribution in [1.29, 1.82) is 0 Å². The van der Waals surface area contributed by atoms with Crippen LogP contribution in [-0.4, -0.2) is 27.4 Å². The zero-order valence-electron chi connectivity index (χ0n) is 8.52. The maximum Gasteiger partial charge on any atom is 0.419 e. The van der Waals surface area contributed by atoms with Crippen molar-refractivity contribution in [2.45, 2.75) is 6.18 Å². The molecular weight excluding hydrogens is 239 g/mol. The van der Waals surface area contributed by atoms with Gasteiger partial charge in [0.1, 0.15) is 0 Å². The Morgan fingerprint density at radius 1 is 1.35 bits per heavy atom. The van der Waals surface area contributed by atoms with Crippen LogP contribution in [0.4, 0.5) is 13.2 Å². The number of hydrogen-bond donors (Lipinski definition) is 0. The smallest absolute Gasteiger partial charge is 0.419 e. The summed E-state index contributed by atoms with van der Waals surface area (Å²) < 4.78 is 42.7. The van der Waals surface area contributed by atoms with Gasteiger partial charge in [0.05, 0.1) is 18.9 Å². The molecule has 0 N–H and O–H groups in total. The molecule has 0 unspecified atom stereocenters. The van der Waals surface area contributed by atoms with Crippen molar-refractivity contribution in [1.82, 2.24) is 14.4 Å². The number of carbonyl (C=O) groups excluding carboxylic acids is 1. The van der Waals surface area contributed by atoms with Crippen molar-refractivity contribution >= 4 is 11.7 Å². The molecular formula is C9H6F3N3O2. The Bertz CT molecular complexity index is 576. The van der Waals surface area contributed by atoms with Crippen LogP contribution >= 0.6 is 0 Å². The fourth-order valence-electron chi connectivity index (χ4n) is 1.28. The molecule has 2 aromatic rings. The number of hydrogen-bond acceptors (Lipinski definition) is 4. The molecule has 0 atom stereocenters. The minimum atomic E-state index is -4.53. The highest BCUT2D eigenvalue weighted by atomic mass is 19.4. The van der Waals surface area contributed by atoms with Crippen molar-refractivity contribution < 1.29 is 22.7 Å². The first-order valence-corrected chi connectivity index (χ1v) is 4.42. The first kappa shape index (κ1) is 11.4. The summed E-state index contributed by atoms with van der Waals surface area (Å²) in [6, 6.07) is 0. The maximum atomic E-state index is 12.4. The van der Waals surface area contributed by atoms with E-state index in [1.807, 2.05) is 0 Å². The van der Waals surface area contributed by atoms with Crippen LogP contribution in [0.2, 0.25) is 0 Å². The van der Waals surface area contributed by atoms with Crippen molar-refractivity contribution in [3.63, 3.8) is 0 Å². The molecule has 17 heavy (non-hydrogen) atoms. The Morgan fingerprint density at radius 3 is 2.59 bits per heavy atom. The van der Waals surface area contributed by atoms with Crippen LogP contribution in [-0.2, 0) is 10.9 Å². The number of carbonyl (C=O) groups is 1. The van der Waals surface area contributed by atoms with Crippen molar-refractivity contribution in [2.75, 3.05) is 7.11 Å². The number of ether oxygens (including phenoxy) is 1. The van der Waals surface area contributed by atoms with Gasteiger partial charge in [0.15, 0.2) is 5.69 Å². The van der Waals surface area contributed by atoms with E-state index in [0.29, 0.717) is 6.20 Å². The van der Waals surface area contributed by atoms with E-state index in [1.54, 1.807) is 0 Å². The van der Waals surface area contributed by atoms with Gasteiger partial charge < -0.3 is 4.74 Å². The van der Waals surface area contributed by atoms with Crippen molar-refractivity contribution in [3.8, 4) is 0 Å². The van der Waals surface area contributed by atoms with Gasteiger partial charge >= 0.3 is 12.1 Å². The van der Waals surface area contributed by atoms with E-state index in [-0.39, 0.29) is 11.5 Å². The van der Waals surface area contributed by atoms with Crippen molar-refractivity contribution in [3.05, 3.63) is 29.8 Å². The van der Waals surface area contributed by atoms with E-state index < -0.39 is 17.7 Å². The molecule has 0 aliphatic carbocycles. The van der Waals surface area contributed by atoms with Crippen LogP contribution in [0.15, 0.2) is 18.6 Å². The number of methoxy groups -OCH3 is 1. The second-order valence-corrected chi connectivity index (χ2v) is 3.15. The predicted octanol–water partition coefficient (Wildman–Crippen LogP) is 1.53. The van der Waals surface area contributed by atoms with Gasteiger partial charge in [-0.25, -0.2) is 14.8 Å². The van der Waals surface area contributed by atoms with Gasteiger partial charge in [-0.3, -0.25) is 4.40 Å². The molecule has 0 amide bonds. The standard InChI is InChI=1S/C9H6F3N3O2/c1-17-7(16)6-3-14-8-13-2-5(4-15(6)8)9(10,11)12/h2-4H,1H3. The molecule has 5 nitrogen and oxygen atoms in total.